The molecule has 2 aliphatic heterocycles. The number of quaternary nitrogens is 1. The van der Waals surface area contributed by atoms with Gasteiger partial charge in [-0.1, -0.05) is 54.1 Å². The zero-order chi connectivity index (χ0) is 33.2. The van der Waals surface area contributed by atoms with Crippen LogP contribution < -0.4 is 15.1 Å². The fourth-order valence-corrected chi connectivity index (χ4v) is 5.93. The Morgan fingerprint density at radius 2 is 1.52 bits per heavy atom. The molecular weight excluding hydrogens is 627 g/mol. The summed E-state index contributed by atoms with van der Waals surface area (Å²) in [6.45, 7) is 3.14. The maximum Gasteiger partial charge on any atom is 0.490 e. The summed E-state index contributed by atoms with van der Waals surface area (Å²) in [7, 11) is 0. The van der Waals surface area contributed by atoms with Crippen molar-refractivity contribution < 1.29 is 47.5 Å². The van der Waals surface area contributed by atoms with E-state index in [0.29, 0.717) is 16.5 Å². The molecule has 6 rings (SSSR count). The molecule has 46 heavy (non-hydrogen) atoms. The van der Waals surface area contributed by atoms with E-state index in [4.69, 9.17) is 21.5 Å². The van der Waals surface area contributed by atoms with Crippen LogP contribution >= 0.6 is 11.6 Å². The molecule has 0 spiro atoms. The number of aromatic carboxylic acids is 1. The monoisotopic (exact) mass is 654 g/mol. The molecular formula is C33H28ClF3N3O6+. The van der Waals surface area contributed by atoms with Crippen LogP contribution in [0.15, 0.2) is 78.9 Å². The summed E-state index contributed by atoms with van der Waals surface area (Å²) < 4.78 is 31.7. The quantitative estimate of drug-likeness (QED) is 0.208. The van der Waals surface area contributed by atoms with E-state index in [9.17, 15) is 32.7 Å². The number of nitrogens with zero attached hydrogens (tertiary/aromatic N) is 1. The first-order valence-electron chi connectivity index (χ1n) is 14.3. The number of carbonyl (C=O) groups is 4. The van der Waals surface area contributed by atoms with E-state index in [1.807, 2.05) is 18.2 Å². The summed E-state index contributed by atoms with van der Waals surface area (Å²) >= 11 is 6.13. The topological polar surface area (TPSA) is 128 Å². The van der Waals surface area contributed by atoms with Gasteiger partial charge >= 0.3 is 18.1 Å². The number of carboxylic acid groups (broad SMARTS) is 2. The van der Waals surface area contributed by atoms with Gasteiger partial charge in [-0.2, -0.15) is 13.2 Å². The molecule has 2 heterocycles. The van der Waals surface area contributed by atoms with Crippen LogP contribution in [0.2, 0.25) is 5.02 Å². The summed E-state index contributed by atoms with van der Waals surface area (Å²) in [6.07, 6.45) is -3.05. The normalized spacial score (nSPS) is 17.7. The molecule has 0 saturated carbocycles. The number of carboxylic acids is 2. The molecule has 0 aromatic heterocycles. The van der Waals surface area contributed by atoms with E-state index < -0.39 is 29.9 Å². The van der Waals surface area contributed by atoms with E-state index in [1.165, 1.54) is 23.8 Å². The molecule has 0 bridgehead atoms. The second-order valence-corrected chi connectivity index (χ2v) is 11.4. The molecule has 1 fully saturated rings. The Hall–Kier alpha value is -4.94. The van der Waals surface area contributed by atoms with Crippen LogP contribution in [0.4, 0.5) is 24.5 Å². The van der Waals surface area contributed by atoms with Gasteiger partial charge in [0.25, 0.3) is 11.8 Å². The van der Waals surface area contributed by atoms with Crippen molar-refractivity contribution in [3.05, 3.63) is 106 Å². The summed E-state index contributed by atoms with van der Waals surface area (Å²) in [5.41, 5.74) is 2.72. The number of piperidine rings is 1. The van der Waals surface area contributed by atoms with Crippen LogP contribution in [0.1, 0.15) is 49.5 Å². The number of alkyl halides is 3. The zero-order valence-electron chi connectivity index (χ0n) is 24.1. The molecule has 9 nitrogen and oxygen atoms in total. The van der Waals surface area contributed by atoms with E-state index in [2.05, 4.69) is 29.6 Å². The Kier molecular flexibility index (Phi) is 9.31. The second kappa shape index (κ2) is 13.2. The first kappa shape index (κ1) is 32.5. The molecule has 2 amide bonds. The highest BCUT2D eigenvalue weighted by molar-refractivity contribution is 6.38. The van der Waals surface area contributed by atoms with Gasteiger partial charge in [0.05, 0.1) is 24.3 Å². The molecule has 13 heteroatoms. The van der Waals surface area contributed by atoms with Crippen LogP contribution in [0, 0.1) is 0 Å². The van der Waals surface area contributed by atoms with Gasteiger partial charge in [0.2, 0.25) is 0 Å². The lowest BCUT2D eigenvalue weighted by Crippen LogP contribution is -3.12. The Labute approximate surface area is 265 Å². The molecule has 1 saturated heterocycles. The third-order valence-electron chi connectivity index (χ3n) is 7.93. The maximum atomic E-state index is 13.6. The predicted octanol–water partition coefficient (Wildman–Crippen LogP) is 5.28. The minimum absolute atomic E-state index is 0.0420. The second-order valence-electron chi connectivity index (χ2n) is 10.9. The van der Waals surface area contributed by atoms with Crippen molar-refractivity contribution in [2.45, 2.75) is 31.6 Å². The van der Waals surface area contributed by atoms with Crippen molar-refractivity contribution in [2.75, 3.05) is 23.3 Å². The summed E-state index contributed by atoms with van der Waals surface area (Å²) in [4.78, 5) is 50.5. The molecule has 4 N–H and O–H groups in total. The number of carbonyl (C=O) groups excluding carboxylic acids is 2. The smallest absolute Gasteiger partial charge is 0.478 e. The van der Waals surface area contributed by atoms with Gasteiger partial charge < -0.3 is 20.4 Å². The van der Waals surface area contributed by atoms with Crippen molar-refractivity contribution >= 4 is 57.5 Å². The lowest BCUT2D eigenvalue weighted by Gasteiger charge is -2.32. The van der Waals surface area contributed by atoms with Crippen molar-refractivity contribution in [2.24, 2.45) is 0 Å². The number of hydrogen-bond acceptors (Lipinski definition) is 5. The number of benzene rings is 4. The highest BCUT2D eigenvalue weighted by Crippen LogP contribution is 2.38. The Balaban J connectivity index is 0.000000537. The largest absolute Gasteiger partial charge is 0.490 e. The lowest BCUT2D eigenvalue weighted by molar-refractivity contribution is -0.918. The highest BCUT2D eigenvalue weighted by atomic mass is 35.5. The highest BCUT2D eigenvalue weighted by Gasteiger charge is 2.38. The summed E-state index contributed by atoms with van der Waals surface area (Å²) in [6, 6.07) is 23.9. The molecule has 0 aliphatic carbocycles. The van der Waals surface area contributed by atoms with Crippen molar-refractivity contribution in [1.29, 1.82) is 0 Å². The van der Waals surface area contributed by atoms with Crippen LogP contribution in [-0.2, 0) is 11.3 Å². The SMILES string of the molecule is O=C(O)C(F)(F)F.O=C(O)c1ccc(Cl)cc1N1C(=O)c2cccc3c(NC4CC[NH+](Cc5ccccc5)CC4)ccc(c23)C1=O. The lowest BCUT2D eigenvalue weighted by atomic mass is 9.92. The molecule has 4 aromatic rings. The minimum Gasteiger partial charge on any atom is -0.478 e. The van der Waals surface area contributed by atoms with Gasteiger partial charge in [0.1, 0.15) is 6.54 Å². The number of amides is 2. The molecule has 0 unspecified atom stereocenters. The van der Waals surface area contributed by atoms with Gasteiger partial charge in [-0.25, -0.2) is 14.5 Å². The minimum atomic E-state index is -5.08. The fourth-order valence-electron chi connectivity index (χ4n) is 5.76. The summed E-state index contributed by atoms with van der Waals surface area (Å²) in [5, 5.41) is 22.1. The summed E-state index contributed by atoms with van der Waals surface area (Å²) in [5.74, 6) is -5.15. The Bertz CT molecular complexity index is 1800. The standard InChI is InChI=1S/C31H26ClN3O4.C2HF3O2/c32-20-9-10-23(31(38)39)27(17-20)35-29(36)24-8-4-7-22-26(12-11-25(28(22)24)30(35)37)33-21-13-15-34(16-14-21)18-19-5-2-1-3-6-19;3-2(4,5)1(6)7/h1-12,17,21,33H,13-16,18H2,(H,38,39);(H,6,7)/p+1. The van der Waals surface area contributed by atoms with E-state index in [0.717, 1.165) is 48.4 Å². The van der Waals surface area contributed by atoms with E-state index in [-0.39, 0.29) is 22.3 Å². The molecule has 0 radical (unpaired) electrons. The van der Waals surface area contributed by atoms with Gasteiger partial charge in [-0.05, 0) is 36.4 Å². The Morgan fingerprint density at radius 1 is 0.891 bits per heavy atom. The maximum absolute atomic E-state index is 13.6. The predicted molar refractivity (Wildman–Crippen MR) is 165 cm³/mol. The third kappa shape index (κ3) is 6.82. The van der Waals surface area contributed by atoms with Gasteiger partial charge in [0.15, 0.2) is 0 Å². The van der Waals surface area contributed by atoms with Gasteiger partial charge in [0, 0.05) is 57.1 Å². The van der Waals surface area contributed by atoms with Crippen molar-refractivity contribution in [3.8, 4) is 0 Å². The van der Waals surface area contributed by atoms with Crippen LogP contribution in [0.5, 0.6) is 0 Å². The van der Waals surface area contributed by atoms with Crippen LogP contribution in [-0.4, -0.2) is 59.3 Å². The number of anilines is 2. The molecule has 4 aromatic carbocycles. The average Bonchev–Trinajstić information content (AvgIpc) is 3.01. The van der Waals surface area contributed by atoms with E-state index in [1.54, 1.807) is 23.1 Å². The number of nitrogens with one attached hydrogen (secondary N) is 2. The van der Waals surface area contributed by atoms with Crippen molar-refractivity contribution in [1.82, 2.24) is 0 Å². The fraction of sp³-hybridized carbons (Fsp3) is 0.212. The number of likely N-dealkylation sites (tertiary alicyclic amines) is 1. The Morgan fingerprint density at radius 3 is 2.13 bits per heavy atom. The van der Waals surface area contributed by atoms with Crippen LogP contribution in [0.3, 0.4) is 0 Å². The first-order valence-corrected chi connectivity index (χ1v) is 14.6. The number of halogens is 4. The molecule has 238 valence electrons. The third-order valence-corrected chi connectivity index (χ3v) is 8.17. The van der Waals surface area contributed by atoms with E-state index >= 15 is 0 Å². The van der Waals surface area contributed by atoms with Gasteiger partial charge in [-0.15, -0.1) is 0 Å². The van der Waals surface area contributed by atoms with Gasteiger partial charge in [-0.3, -0.25) is 9.59 Å². The number of aliphatic carboxylic acids is 1. The van der Waals surface area contributed by atoms with Crippen molar-refractivity contribution in [3.63, 3.8) is 0 Å². The molecule has 2 aliphatic rings. The first-order chi connectivity index (χ1) is 21.8. The van der Waals surface area contributed by atoms with Crippen LogP contribution in [0.25, 0.3) is 10.8 Å². The molecule has 0 atom stereocenters. The number of imide groups is 1. The zero-order valence-corrected chi connectivity index (χ0v) is 24.9. The average molecular weight is 655 g/mol. The number of hydrogen-bond donors (Lipinski definition) is 4. The number of rotatable bonds is 6.